The molecule has 19 heavy (non-hydrogen) atoms. The molecule has 0 fully saturated rings. The number of pyridine rings is 1. The zero-order valence-corrected chi connectivity index (χ0v) is 10.7. The molecule has 0 unspecified atom stereocenters. The first-order valence-electron chi connectivity index (χ1n) is 6.03. The number of allylic oxidation sites excluding steroid dienone is 4. The summed E-state index contributed by atoms with van der Waals surface area (Å²) >= 11 is 0. The van der Waals surface area contributed by atoms with E-state index in [-0.39, 0.29) is 0 Å². The Hall–Kier alpha value is -2.61. The largest absolute Gasteiger partial charge is 0.384 e. The lowest BCUT2D eigenvalue weighted by Crippen LogP contribution is -1.96. The number of rotatable bonds is 4. The van der Waals surface area contributed by atoms with Crippen molar-refractivity contribution in [2.75, 3.05) is 5.73 Å². The van der Waals surface area contributed by atoms with Crippen LogP contribution in [-0.2, 0) is 0 Å². The Morgan fingerprint density at radius 3 is 2.42 bits per heavy atom. The summed E-state index contributed by atoms with van der Waals surface area (Å²) < 4.78 is 0. The highest BCUT2D eigenvalue weighted by atomic mass is 14.8. The first-order chi connectivity index (χ1) is 9.24. The van der Waals surface area contributed by atoms with Crippen molar-refractivity contribution in [3.63, 3.8) is 0 Å². The minimum atomic E-state index is 0.494. The highest BCUT2D eigenvalue weighted by molar-refractivity contribution is 5.77. The van der Waals surface area contributed by atoms with Gasteiger partial charge < -0.3 is 5.73 Å². The van der Waals surface area contributed by atoms with Gasteiger partial charge in [-0.05, 0) is 28.8 Å². The Balaban J connectivity index is 2.55. The standard InChI is InChI=1S/C17H16N2/c1-3-8-13(4-2)16-11-15(12-17(18)19-16)14-9-6-5-7-10-14/h3-12H,1-2H2,(H2,18,19)/b13-8+. The number of nitrogen functional groups attached to an aromatic ring is 1. The van der Waals surface area contributed by atoms with Crippen LogP contribution in [0, 0.1) is 0 Å². The number of nitrogens with two attached hydrogens (primary N) is 1. The summed E-state index contributed by atoms with van der Waals surface area (Å²) in [6.45, 7) is 7.48. The lowest BCUT2D eigenvalue weighted by atomic mass is 10.0. The third-order valence-electron chi connectivity index (χ3n) is 2.77. The van der Waals surface area contributed by atoms with Crippen molar-refractivity contribution in [1.29, 1.82) is 0 Å². The summed E-state index contributed by atoms with van der Waals surface area (Å²) in [6, 6.07) is 13.9. The van der Waals surface area contributed by atoms with E-state index in [0.29, 0.717) is 5.82 Å². The number of anilines is 1. The summed E-state index contributed by atoms with van der Waals surface area (Å²) in [4.78, 5) is 4.34. The SMILES string of the molecule is C=C/C=C(\C=C)c1cc(-c2ccccc2)cc(N)n1. The van der Waals surface area contributed by atoms with Gasteiger partial charge in [0.15, 0.2) is 0 Å². The van der Waals surface area contributed by atoms with Crippen molar-refractivity contribution in [2.45, 2.75) is 0 Å². The van der Waals surface area contributed by atoms with Gasteiger partial charge in [0.1, 0.15) is 5.82 Å². The molecule has 0 saturated carbocycles. The molecule has 0 spiro atoms. The second kappa shape index (κ2) is 5.83. The van der Waals surface area contributed by atoms with Crippen LogP contribution >= 0.6 is 0 Å². The molecular formula is C17H16N2. The Kier molecular flexibility index (Phi) is 3.94. The Morgan fingerprint density at radius 1 is 1.05 bits per heavy atom. The molecule has 2 aromatic rings. The molecule has 2 rings (SSSR count). The van der Waals surface area contributed by atoms with Crippen molar-refractivity contribution in [3.05, 3.63) is 79.5 Å². The summed E-state index contributed by atoms with van der Waals surface area (Å²) in [5, 5.41) is 0. The molecule has 0 saturated heterocycles. The van der Waals surface area contributed by atoms with Crippen LogP contribution in [0.1, 0.15) is 5.69 Å². The Labute approximate surface area is 113 Å². The zero-order valence-electron chi connectivity index (χ0n) is 10.7. The topological polar surface area (TPSA) is 38.9 Å². The summed E-state index contributed by atoms with van der Waals surface area (Å²) in [7, 11) is 0. The van der Waals surface area contributed by atoms with Crippen LogP contribution in [-0.4, -0.2) is 4.98 Å². The van der Waals surface area contributed by atoms with Crippen molar-refractivity contribution in [1.82, 2.24) is 4.98 Å². The number of hydrogen-bond acceptors (Lipinski definition) is 2. The number of benzene rings is 1. The van der Waals surface area contributed by atoms with E-state index in [1.165, 1.54) is 0 Å². The maximum absolute atomic E-state index is 5.89. The van der Waals surface area contributed by atoms with Crippen LogP contribution in [0.4, 0.5) is 5.82 Å². The van der Waals surface area contributed by atoms with Gasteiger partial charge in [0.25, 0.3) is 0 Å². The van der Waals surface area contributed by atoms with E-state index in [0.717, 1.165) is 22.4 Å². The van der Waals surface area contributed by atoms with E-state index in [1.54, 1.807) is 12.2 Å². The van der Waals surface area contributed by atoms with Crippen molar-refractivity contribution in [2.24, 2.45) is 0 Å². The second-order valence-corrected chi connectivity index (χ2v) is 4.09. The fourth-order valence-corrected chi connectivity index (χ4v) is 1.88. The van der Waals surface area contributed by atoms with Crippen LogP contribution in [0.2, 0.25) is 0 Å². The summed E-state index contributed by atoms with van der Waals surface area (Å²) in [6.07, 6.45) is 5.33. The van der Waals surface area contributed by atoms with E-state index < -0.39 is 0 Å². The molecule has 0 aliphatic heterocycles. The molecule has 2 heteroatoms. The molecule has 2 N–H and O–H groups in total. The number of aromatic nitrogens is 1. The molecule has 0 bridgehead atoms. The average molecular weight is 248 g/mol. The van der Waals surface area contributed by atoms with Crippen LogP contribution < -0.4 is 5.73 Å². The van der Waals surface area contributed by atoms with Gasteiger partial charge in [-0.2, -0.15) is 0 Å². The number of hydrogen-bond donors (Lipinski definition) is 1. The van der Waals surface area contributed by atoms with Crippen molar-refractivity contribution >= 4 is 11.4 Å². The van der Waals surface area contributed by atoms with E-state index in [9.17, 15) is 0 Å². The minimum absolute atomic E-state index is 0.494. The van der Waals surface area contributed by atoms with Gasteiger partial charge in [-0.25, -0.2) is 4.98 Å². The first kappa shape index (κ1) is 12.8. The first-order valence-corrected chi connectivity index (χ1v) is 6.03. The Bertz CT molecular complexity index is 625. The molecule has 1 aromatic heterocycles. The molecule has 0 amide bonds. The van der Waals surface area contributed by atoms with E-state index in [2.05, 4.69) is 18.1 Å². The average Bonchev–Trinajstić information content (AvgIpc) is 2.45. The van der Waals surface area contributed by atoms with Crippen LogP contribution in [0.15, 0.2) is 73.9 Å². The zero-order chi connectivity index (χ0) is 13.7. The number of nitrogens with zero attached hydrogens (tertiary/aromatic N) is 1. The van der Waals surface area contributed by atoms with Gasteiger partial charge >= 0.3 is 0 Å². The van der Waals surface area contributed by atoms with Gasteiger partial charge in [0.2, 0.25) is 0 Å². The fourth-order valence-electron chi connectivity index (χ4n) is 1.88. The van der Waals surface area contributed by atoms with Gasteiger partial charge in [0.05, 0.1) is 5.69 Å². The van der Waals surface area contributed by atoms with Crippen LogP contribution in [0.3, 0.4) is 0 Å². The molecule has 1 heterocycles. The quantitative estimate of drug-likeness (QED) is 0.828. The second-order valence-electron chi connectivity index (χ2n) is 4.09. The lowest BCUT2D eigenvalue weighted by Gasteiger charge is -2.07. The molecule has 94 valence electrons. The fraction of sp³-hybridized carbons (Fsp3) is 0. The summed E-state index contributed by atoms with van der Waals surface area (Å²) in [5.74, 6) is 0.494. The molecule has 0 aliphatic rings. The molecule has 0 radical (unpaired) electrons. The summed E-state index contributed by atoms with van der Waals surface area (Å²) in [5.41, 5.74) is 9.74. The van der Waals surface area contributed by atoms with Crippen molar-refractivity contribution in [3.8, 4) is 11.1 Å². The van der Waals surface area contributed by atoms with Gasteiger partial charge in [0, 0.05) is 0 Å². The monoisotopic (exact) mass is 248 g/mol. The van der Waals surface area contributed by atoms with Gasteiger partial charge in [-0.3, -0.25) is 0 Å². The van der Waals surface area contributed by atoms with Crippen molar-refractivity contribution < 1.29 is 0 Å². The van der Waals surface area contributed by atoms with E-state index in [1.807, 2.05) is 48.5 Å². The van der Waals surface area contributed by atoms with E-state index in [4.69, 9.17) is 5.73 Å². The van der Waals surface area contributed by atoms with Crippen LogP contribution in [0.25, 0.3) is 16.7 Å². The van der Waals surface area contributed by atoms with Crippen LogP contribution in [0.5, 0.6) is 0 Å². The molecule has 0 atom stereocenters. The third-order valence-corrected chi connectivity index (χ3v) is 2.77. The Morgan fingerprint density at radius 2 is 1.79 bits per heavy atom. The predicted molar refractivity (Wildman–Crippen MR) is 82.5 cm³/mol. The maximum atomic E-state index is 5.89. The van der Waals surface area contributed by atoms with Gasteiger partial charge in [-0.15, -0.1) is 0 Å². The molecule has 2 nitrogen and oxygen atoms in total. The highest BCUT2D eigenvalue weighted by Gasteiger charge is 2.05. The maximum Gasteiger partial charge on any atom is 0.124 e. The molecular weight excluding hydrogens is 232 g/mol. The lowest BCUT2D eigenvalue weighted by molar-refractivity contribution is 1.29. The molecule has 1 aromatic carbocycles. The van der Waals surface area contributed by atoms with E-state index >= 15 is 0 Å². The predicted octanol–water partition coefficient (Wildman–Crippen LogP) is 4.09. The minimum Gasteiger partial charge on any atom is -0.384 e. The smallest absolute Gasteiger partial charge is 0.124 e. The highest BCUT2D eigenvalue weighted by Crippen LogP contribution is 2.25. The van der Waals surface area contributed by atoms with Gasteiger partial charge in [-0.1, -0.05) is 61.7 Å². The molecule has 0 aliphatic carbocycles. The third kappa shape index (κ3) is 2.99. The normalized spacial score (nSPS) is 11.1.